The van der Waals surface area contributed by atoms with Gasteiger partial charge in [-0.1, -0.05) is 41.9 Å². The number of benzene rings is 2. The molecule has 1 nitrogen and oxygen atoms in total. The number of hydrogen-bond donors (Lipinski definition) is 1. The summed E-state index contributed by atoms with van der Waals surface area (Å²) >= 11 is 7.52. The molecule has 0 fully saturated rings. The van der Waals surface area contributed by atoms with Gasteiger partial charge < -0.3 is 5.32 Å². The molecule has 1 heterocycles. The summed E-state index contributed by atoms with van der Waals surface area (Å²) in [6.07, 6.45) is 0. The Morgan fingerprint density at radius 1 is 0.944 bits per heavy atom. The van der Waals surface area contributed by atoms with E-state index in [1.165, 1.54) is 15.6 Å². The van der Waals surface area contributed by atoms with Crippen LogP contribution < -0.4 is 5.32 Å². The van der Waals surface area contributed by atoms with Crippen molar-refractivity contribution < 1.29 is 0 Å². The number of hydrogen-bond acceptors (Lipinski definition) is 2. The van der Waals surface area contributed by atoms with Crippen LogP contribution in [0.4, 0.5) is 5.69 Å². The molecule has 1 aromatic heterocycles. The minimum Gasteiger partial charge on any atom is -0.380 e. The molecule has 0 saturated carbocycles. The first-order valence-electron chi connectivity index (χ1n) is 5.78. The number of nitrogens with one attached hydrogen (secondary N) is 1. The minimum absolute atomic E-state index is 0.815. The summed E-state index contributed by atoms with van der Waals surface area (Å²) < 4.78 is 0.838. The summed E-state index contributed by atoms with van der Waals surface area (Å²) in [6.45, 7) is 0.815. The van der Waals surface area contributed by atoms with Crippen molar-refractivity contribution in [2.24, 2.45) is 0 Å². The second kappa shape index (κ2) is 5.01. The molecule has 0 amide bonds. The third-order valence-corrected chi connectivity index (χ3v) is 4.08. The highest BCUT2D eigenvalue weighted by Crippen LogP contribution is 2.23. The zero-order chi connectivity index (χ0) is 12.4. The van der Waals surface area contributed by atoms with Crippen molar-refractivity contribution in [2.75, 3.05) is 5.32 Å². The highest BCUT2D eigenvalue weighted by Gasteiger charge is 1.99. The summed E-state index contributed by atoms with van der Waals surface area (Å²) in [4.78, 5) is 1.24. The lowest BCUT2D eigenvalue weighted by Crippen LogP contribution is -1.96. The monoisotopic (exact) mass is 273 g/mol. The molecule has 3 rings (SSSR count). The fourth-order valence-electron chi connectivity index (χ4n) is 1.94. The molecule has 18 heavy (non-hydrogen) atoms. The molecular formula is C15H12ClNS. The van der Waals surface area contributed by atoms with Gasteiger partial charge in [-0.15, -0.1) is 11.3 Å². The average Bonchev–Trinajstić information content (AvgIpc) is 2.82. The van der Waals surface area contributed by atoms with Crippen molar-refractivity contribution in [2.45, 2.75) is 6.54 Å². The number of fused-ring (bicyclic) bond motifs is 1. The predicted octanol–water partition coefficient (Wildman–Crippen LogP) is 5.17. The van der Waals surface area contributed by atoms with Crippen LogP contribution in [0.5, 0.6) is 0 Å². The molecule has 0 aliphatic carbocycles. The number of rotatable bonds is 3. The smallest absolute Gasteiger partial charge is 0.0931 e. The molecular weight excluding hydrogens is 262 g/mol. The van der Waals surface area contributed by atoms with E-state index >= 15 is 0 Å². The standard InChI is InChI=1S/C15H12ClNS/c16-15-8-7-14(18-15)10-17-13-6-5-11-3-1-2-4-12(11)9-13/h1-9,17H,10H2. The second-order valence-electron chi connectivity index (χ2n) is 4.12. The number of halogens is 1. The normalized spacial score (nSPS) is 10.7. The van der Waals surface area contributed by atoms with E-state index in [2.05, 4.69) is 53.8 Å². The van der Waals surface area contributed by atoms with Gasteiger partial charge in [-0.2, -0.15) is 0 Å². The Balaban J connectivity index is 1.78. The minimum atomic E-state index is 0.815. The fraction of sp³-hybridized carbons (Fsp3) is 0.0667. The largest absolute Gasteiger partial charge is 0.380 e. The van der Waals surface area contributed by atoms with E-state index < -0.39 is 0 Å². The third kappa shape index (κ3) is 2.50. The molecule has 0 unspecified atom stereocenters. The first-order valence-corrected chi connectivity index (χ1v) is 6.97. The topological polar surface area (TPSA) is 12.0 Å². The van der Waals surface area contributed by atoms with Crippen LogP contribution in [-0.2, 0) is 6.54 Å². The maximum absolute atomic E-state index is 5.91. The van der Waals surface area contributed by atoms with Crippen LogP contribution in [0, 0.1) is 0 Å². The Bertz CT molecular complexity index is 675. The van der Waals surface area contributed by atoms with E-state index in [1.807, 2.05) is 6.07 Å². The zero-order valence-corrected chi connectivity index (χ0v) is 11.3. The molecule has 0 aliphatic heterocycles. The highest BCUT2D eigenvalue weighted by atomic mass is 35.5. The van der Waals surface area contributed by atoms with Crippen LogP contribution in [0.1, 0.15) is 4.88 Å². The molecule has 0 bridgehead atoms. The van der Waals surface area contributed by atoms with E-state index in [1.54, 1.807) is 11.3 Å². The summed E-state index contributed by atoms with van der Waals surface area (Å²) in [5.74, 6) is 0. The van der Waals surface area contributed by atoms with Gasteiger partial charge in [-0.05, 0) is 35.0 Å². The number of anilines is 1. The van der Waals surface area contributed by atoms with Gasteiger partial charge in [0.25, 0.3) is 0 Å². The lowest BCUT2D eigenvalue weighted by Gasteiger charge is -2.06. The lowest BCUT2D eigenvalue weighted by molar-refractivity contribution is 1.20. The Morgan fingerprint density at radius 2 is 1.78 bits per heavy atom. The molecule has 0 spiro atoms. The lowest BCUT2D eigenvalue weighted by atomic mass is 10.1. The van der Waals surface area contributed by atoms with Gasteiger partial charge in [0, 0.05) is 17.1 Å². The van der Waals surface area contributed by atoms with E-state index in [4.69, 9.17) is 11.6 Å². The van der Waals surface area contributed by atoms with Crippen molar-refractivity contribution in [3.8, 4) is 0 Å². The Labute approximate surface area is 115 Å². The Kier molecular flexibility index (Phi) is 3.22. The van der Waals surface area contributed by atoms with E-state index in [0.29, 0.717) is 0 Å². The Hall–Kier alpha value is -1.51. The third-order valence-electron chi connectivity index (χ3n) is 2.85. The van der Waals surface area contributed by atoms with Crippen LogP contribution >= 0.6 is 22.9 Å². The molecule has 0 atom stereocenters. The summed E-state index contributed by atoms with van der Waals surface area (Å²) in [7, 11) is 0. The van der Waals surface area contributed by atoms with Crippen LogP contribution in [0.2, 0.25) is 4.34 Å². The van der Waals surface area contributed by atoms with Crippen LogP contribution in [-0.4, -0.2) is 0 Å². The SMILES string of the molecule is Clc1ccc(CNc2ccc3ccccc3c2)s1. The Morgan fingerprint density at radius 3 is 2.56 bits per heavy atom. The van der Waals surface area contributed by atoms with Gasteiger partial charge in [0.05, 0.1) is 4.34 Å². The van der Waals surface area contributed by atoms with Gasteiger partial charge in [0.2, 0.25) is 0 Å². The molecule has 0 aliphatic rings. The van der Waals surface area contributed by atoms with Crippen LogP contribution in [0.15, 0.2) is 54.6 Å². The van der Waals surface area contributed by atoms with Crippen molar-refractivity contribution in [1.82, 2.24) is 0 Å². The fourth-order valence-corrected chi connectivity index (χ4v) is 2.96. The maximum Gasteiger partial charge on any atom is 0.0931 e. The second-order valence-corrected chi connectivity index (χ2v) is 5.92. The van der Waals surface area contributed by atoms with Crippen molar-refractivity contribution in [3.05, 3.63) is 63.8 Å². The summed E-state index contributed by atoms with van der Waals surface area (Å²) in [5.41, 5.74) is 1.14. The average molecular weight is 274 g/mol. The summed E-state index contributed by atoms with van der Waals surface area (Å²) in [5, 5.41) is 5.94. The quantitative estimate of drug-likeness (QED) is 0.694. The van der Waals surface area contributed by atoms with Crippen molar-refractivity contribution in [1.29, 1.82) is 0 Å². The molecule has 2 aromatic carbocycles. The van der Waals surface area contributed by atoms with Crippen LogP contribution in [0.25, 0.3) is 10.8 Å². The van der Waals surface area contributed by atoms with Gasteiger partial charge in [-0.3, -0.25) is 0 Å². The molecule has 1 N–H and O–H groups in total. The van der Waals surface area contributed by atoms with Gasteiger partial charge in [-0.25, -0.2) is 0 Å². The van der Waals surface area contributed by atoms with Gasteiger partial charge in [0.15, 0.2) is 0 Å². The van der Waals surface area contributed by atoms with Crippen molar-refractivity contribution in [3.63, 3.8) is 0 Å². The zero-order valence-electron chi connectivity index (χ0n) is 9.69. The van der Waals surface area contributed by atoms with Crippen molar-refractivity contribution >= 4 is 39.4 Å². The first kappa shape index (κ1) is 11.6. The van der Waals surface area contributed by atoms with Gasteiger partial charge in [0.1, 0.15) is 0 Å². The van der Waals surface area contributed by atoms with E-state index in [9.17, 15) is 0 Å². The molecule has 3 heteroatoms. The number of thiophene rings is 1. The van der Waals surface area contributed by atoms with E-state index in [0.717, 1.165) is 16.6 Å². The first-order chi connectivity index (χ1) is 8.81. The van der Waals surface area contributed by atoms with Gasteiger partial charge >= 0.3 is 0 Å². The predicted molar refractivity (Wildman–Crippen MR) is 80.6 cm³/mol. The van der Waals surface area contributed by atoms with E-state index in [-0.39, 0.29) is 0 Å². The van der Waals surface area contributed by atoms with Crippen LogP contribution in [0.3, 0.4) is 0 Å². The highest BCUT2D eigenvalue weighted by molar-refractivity contribution is 7.16. The molecule has 90 valence electrons. The molecule has 0 radical (unpaired) electrons. The maximum atomic E-state index is 5.91. The molecule has 0 saturated heterocycles. The summed E-state index contributed by atoms with van der Waals surface area (Å²) in [6, 6.07) is 18.8. The molecule has 3 aromatic rings.